The average Bonchev–Trinajstić information content (AvgIpc) is 2.64. The zero-order valence-electron chi connectivity index (χ0n) is 12.6. The summed E-state index contributed by atoms with van der Waals surface area (Å²) < 4.78 is 0. The normalized spacial score (nSPS) is 31.2. The molecule has 0 saturated carbocycles. The Morgan fingerprint density at radius 3 is 2.53 bits per heavy atom. The molecule has 0 bridgehead atoms. The maximum Gasteiger partial charge on any atom is 0.236 e. The molecule has 2 heterocycles. The molecular formula is C14H28N4O. The van der Waals surface area contributed by atoms with Crippen molar-refractivity contribution in [2.75, 3.05) is 52.9 Å². The predicted octanol–water partition coefficient (Wildman–Crippen LogP) is -0.167. The molecule has 0 radical (unpaired) electrons. The minimum absolute atomic E-state index is 0.300. The number of likely N-dealkylation sites (N-methyl/N-ethyl adjacent to an activating group) is 1. The summed E-state index contributed by atoms with van der Waals surface area (Å²) in [7, 11) is 2.15. The highest BCUT2D eigenvalue weighted by Crippen LogP contribution is 2.13. The van der Waals surface area contributed by atoms with Crippen LogP contribution in [0.1, 0.15) is 20.3 Å². The highest BCUT2D eigenvalue weighted by Gasteiger charge is 2.29. The van der Waals surface area contributed by atoms with E-state index >= 15 is 0 Å². The van der Waals surface area contributed by atoms with Crippen LogP contribution in [0.3, 0.4) is 0 Å². The molecule has 2 fully saturated rings. The first-order valence-electron chi connectivity index (χ1n) is 7.50. The third-order valence-electron chi connectivity index (χ3n) is 4.50. The first-order chi connectivity index (χ1) is 9.08. The van der Waals surface area contributed by atoms with Crippen molar-refractivity contribution in [2.45, 2.75) is 32.4 Å². The molecule has 0 aliphatic carbocycles. The van der Waals surface area contributed by atoms with E-state index in [1.165, 1.54) is 0 Å². The van der Waals surface area contributed by atoms with E-state index in [0.717, 1.165) is 45.7 Å². The van der Waals surface area contributed by atoms with Crippen molar-refractivity contribution in [3.8, 4) is 0 Å². The van der Waals surface area contributed by atoms with Gasteiger partial charge in [0.05, 0.1) is 6.54 Å². The van der Waals surface area contributed by atoms with E-state index in [-0.39, 0.29) is 0 Å². The van der Waals surface area contributed by atoms with Crippen molar-refractivity contribution in [1.29, 1.82) is 0 Å². The van der Waals surface area contributed by atoms with E-state index in [0.29, 0.717) is 24.5 Å². The molecule has 2 unspecified atom stereocenters. The van der Waals surface area contributed by atoms with E-state index in [4.69, 9.17) is 0 Å². The van der Waals surface area contributed by atoms with Crippen LogP contribution in [0.25, 0.3) is 0 Å². The van der Waals surface area contributed by atoms with Crippen LogP contribution in [-0.4, -0.2) is 85.6 Å². The van der Waals surface area contributed by atoms with Gasteiger partial charge < -0.3 is 10.2 Å². The second kappa shape index (κ2) is 6.68. The molecular weight excluding hydrogens is 240 g/mol. The minimum Gasteiger partial charge on any atom is -0.338 e. The zero-order valence-corrected chi connectivity index (χ0v) is 12.6. The SMILES string of the molecule is CC1CN(C(=O)CN2CCCNCC2)CC(C)N1C. The highest BCUT2D eigenvalue weighted by atomic mass is 16.2. The molecule has 0 spiro atoms. The van der Waals surface area contributed by atoms with Gasteiger partial charge >= 0.3 is 0 Å². The van der Waals surface area contributed by atoms with Crippen LogP contribution in [-0.2, 0) is 4.79 Å². The lowest BCUT2D eigenvalue weighted by Gasteiger charge is -2.42. The Labute approximate surface area is 116 Å². The number of carbonyl (C=O) groups is 1. The lowest BCUT2D eigenvalue weighted by Crippen LogP contribution is -2.57. The number of hydrogen-bond donors (Lipinski definition) is 1. The van der Waals surface area contributed by atoms with Gasteiger partial charge in [-0.1, -0.05) is 0 Å². The summed E-state index contributed by atoms with van der Waals surface area (Å²) in [6.45, 7) is 10.8. The Morgan fingerprint density at radius 1 is 1.16 bits per heavy atom. The summed E-state index contributed by atoms with van der Waals surface area (Å²) in [5.74, 6) is 0.300. The minimum atomic E-state index is 0.300. The molecule has 0 aromatic heterocycles. The first kappa shape index (κ1) is 14.8. The molecule has 2 atom stereocenters. The Balaban J connectivity index is 1.85. The average molecular weight is 268 g/mol. The van der Waals surface area contributed by atoms with Crippen molar-refractivity contribution in [3.05, 3.63) is 0 Å². The highest BCUT2D eigenvalue weighted by molar-refractivity contribution is 5.78. The van der Waals surface area contributed by atoms with Gasteiger partial charge in [0.2, 0.25) is 5.91 Å². The van der Waals surface area contributed by atoms with Crippen molar-refractivity contribution >= 4 is 5.91 Å². The second-order valence-electron chi connectivity index (χ2n) is 6.04. The molecule has 2 rings (SSSR count). The summed E-state index contributed by atoms with van der Waals surface area (Å²) in [6, 6.07) is 0.914. The van der Waals surface area contributed by atoms with Crippen LogP contribution in [0.2, 0.25) is 0 Å². The lowest BCUT2D eigenvalue weighted by molar-refractivity contribution is -0.136. The molecule has 1 N–H and O–H groups in total. The van der Waals surface area contributed by atoms with Crippen LogP contribution in [0, 0.1) is 0 Å². The third-order valence-corrected chi connectivity index (χ3v) is 4.50. The largest absolute Gasteiger partial charge is 0.338 e. The fourth-order valence-corrected chi connectivity index (χ4v) is 2.96. The van der Waals surface area contributed by atoms with E-state index < -0.39 is 0 Å². The van der Waals surface area contributed by atoms with Gasteiger partial charge in [0.25, 0.3) is 0 Å². The fourth-order valence-electron chi connectivity index (χ4n) is 2.96. The summed E-state index contributed by atoms with van der Waals surface area (Å²) in [5.41, 5.74) is 0. The van der Waals surface area contributed by atoms with E-state index in [1.54, 1.807) is 0 Å². The van der Waals surface area contributed by atoms with Crippen LogP contribution < -0.4 is 5.32 Å². The second-order valence-corrected chi connectivity index (χ2v) is 6.04. The topological polar surface area (TPSA) is 38.8 Å². The number of hydrogen-bond acceptors (Lipinski definition) is 4. The van der Waals surface area contributed by atoms with Crippen molar-refractivity contribution < 1.29 is 4.79 Å². The van der Waals surface area contributed by atoms with Gasteiger partial charge in [-0.3, -0.25) is 14.6 Å². The van der Waals surface area contributed by atoms with Gasteiger partial charge in [0, 0.05) is 38.3 Å². The van der Waals surface area contributed by atoms with Crippen LogP contribution in [0.4, 0.5) is 0 Å². The van der Waals surface area contributed by atoms with Crippen molar-refractivity contribution in [1.82, 2.24) is 20.0 Å². The van der Waals surface area contributed by atoms with E-state index in [1.807, 2.05) is 4.90 Å². The summed E-state index contributed by atoms with van der Waals surface area (Å²) in [4.78, 5) is 19.1. The number of carbonyl (C=O) groups excluding carboxylic acids is 1. The predicted molar refractivity (Wildman–Crippen MR) is 77.2 cm³/mol. The maximum absolute atomic E-state index is 12.4. The van der Waals surface area contributed by atoms with Crippen LogP contribution >= 0.6 is 0 Å². The molecule has 5 heteroatoms. The number of piperazine rings is 1. The van der Waals surface area contributed by atoms with Gasteiger partial charge in [0.1, 0.15) is 0 Å². The van der Waals surface area contributed by atoms with Crippen molar-refractivity contribution in [2.24, 2.45) is 0 Å². The molecule has 5 nitrogen and oxygen atoms in total. The smallest absolute Gasteiger partial charge is 0.236 e. The van der Waals surface area contributed by atoms with Gasteiger partial charge in [0.15, 0.2) is 0 Å². The summed E-state index contributed by atoms with van der Waals surface area (Å²) >= 11 is 0. The molecule has 2 saturated heterocycles. The Bertz CT molecular complexity index is 290. The first-order valence-corrected chi connectivity index (χ1v) is 7.50. The number of amides is 1. The van der Waals surface area contributed by atoms with Gasteiger partial charge in [-0.05, 0) is 40.4 Å². The molecule has 0 aromatic carbocycles. The van der Waals surface area contributed by atoms with Crippen molar-refractivity contribution in [3.63, 3.8) is 0 Å². The summed E-state index contributed by atoms with van der Waals surface area (Å²) in [6.07, 6.45) is 1.14. The zero-order chi connectivity index (χ0) is 13.8. The monoisotopic (exact) mass is 268 g/mol. The van der Waals surface area contributed by atoms with E-state index in [9.17, 15) is 4.79 Å². The van der Waals surface area contributed by atoms with E-state index in [2.05, 4.69) is 36.0 Å². The van der Waals surface area contributed by atoms with Crippen LogP contribution in [0.5, 0.6) is 0 Å². The standard InChI is InChI=1S/C14H28N4O/c1-12-9-18(10-13(2)16(12)3)14(19)11-17-7-4-5-15-6-8-17/h12-13,15H,4-11H2,1-3H3. The van der Waals surface area contributed by atoms with Gasteiger partial charge in [-0.25, -0.2) is 0 Å². The number of rotatable bonds is 2. The third kappa shape index (κ3) is 3.91. The fraction of sp³-hybridized carbons (Fsp3) is 0.929. The van der Waals surface area contributed by atoms with Gasteiger partial charge in [-0.2, -0.15) is 0 Å². The quantitative estimate of drug-likeness (QED) is 0.755. The molecule has 2 aliphatic rings. The van der Waals surface area contributed by atoms with Crippen LogP contribution in [0.15, 0.2) is 0 Å². The number of nitrogens with zero attached hydrogens (tertiary/aromatic N) is 3. The Hall–Kier alpha value is -0.650. The summed E-state index contributed by atoms with van der Waals surface area (Å²) in [5, 5.41) is 3.38. The molecule has 110 valence electrons. The Kier molecular flexibility index (Phi) is 5.19. The Morgan fingerprint density at radius 2 is 1.84 bits per heavy atom. The molecule has 19 heavy (non-hydrogen) atoms. The maximum atomic E-state index is 12.4. The molecule has 1 amide bonds. The van der Waals surface area contributed by atoms with Gasteiger partial charge in [-0.15, -0.1) is 0 Å². The molecule has 2 aliphatic heterocycles. The number of nitrogens with one attached hydrogen (secondary N) is 1. The molecule has 0 aromatic rings. The lowest BCUT2D eigenvalue weighted by atomic mass is 10.1.